The molecule has 104 valence electrons. The van der Waals surface area contributed by atoms with Gasteiger partial charge in [0.15, 0.2) is 0 Å². The zero-order valence-corrected chi connectivity index (χ0v) is 12.3. The van der Waals surface area contributed by atoms with Crippen molar-refractivity contribution in [2.24, 2.45) is 0 Å². The predicted octanol–water partition coefficient (Wildman–Crippen LogP) is 1.29. The van der Waals surface area contributed by atoms with Crippen LogP contribution in [-0.4, -0.2) is 34.8 Å². The molecule has 6 heteroatoms. The highest BCUT2D eigenvalue weighted by atomic mass is 32.1. The molecule has 2 heterocycles. The molecule has 19 heavy (non-hydrogen) atoms. The van der Waals surface area contributed by atoms with E-state index in [1.54, 1.807) is 16.2 Å². The van der Waals surface area contributed by atoms with E-state index in [0.29, 0.717) is 19.5 Å². The van der Waals surface area contributed by atoms with Gasteiger partial charge in [-0.1, -0.05) is 20.8 Å². The fourth-order valence-electron chi connectivity index (χ4n) is 1.79. The molecule has 1 aromatic rings. The smallest absolute Gasteiger partial charge is 0.242 e. The number of nitrogens with zero attached hydrogens (tertiary/aromatic N) is 2. The van der Waals surface area contributed by atoms with Gasteiger partial charge < -0.3 is 10.2 Å². The molecule has 0 saturated carbocycles. The molecule has 2 rings (SSSR count). The van der Waals surface area contributed by atoms with Gasteiger partial charge in [-0.05, 0) is 0 Å². The fraction of sp³-hybridized carbons (Fsp3) is 0.615. The van der Waals surface area contributed by atoms with E-state index in [1.165, 1.54) is 0 Å². The zero-order valence-electron chi connectivity index (χ0n) is 11.5. The Kier molecular flexibility index (Phi) is 3.89. The van der Waals surface area contributed by atoms with E-state index in [-0.39, 0.29) is 23.8 Å². The molecule has 0 spiro atoms. The average molecular weight is 281 g/mol. The molecule has 1 fully saturated rings. The van der Waals surface area contributed by atoms with Crippen molar-refractivity contribution in [3.63, 3.8) is 0 Å². The SMILES string of the molecule is CC(C)(C)c1csc(CN2CCC(=O)NCC2=O)n1. The maximum absolute atomic E-state index is 11.9. The summed E-state index contributed by atoms with van der Waals surface area (Å²) in [5.41, 5.74) is 1.07. The van der Waals surface area contributed by atoms with Gasteiger partial charge in [0.2, 0.25) is 11.8 Å². The summed E-state index contributed by atoms with van der Waals surface area (Å²) in [7, 11) is 0. The molecule has 0 aliphatic carbocycles. The van der Waals surface area contributed by atoms with Crippen LogP contribution < -0.4 is 5.32 Å². The first-order valence-electron chi connectivity index (χ1n) is 6.35. The summed E-state index contributed by atoms with van der Waals surface area (Å²) in [6, 6.07) is 0. The van der Waals surface area contributed by atoms with Crippen LogP contribution in [0.15, 0.2) is 5.38 Å². The van der Waals surface area contributed by atoms with Crippen molar-refractivity contribution in [3.8, 4) is 0 Å². The molecule has 0 atom stereocenters. The van der Waals surface area contributed by atoms with Gasteiger partial charge in [0.1, 0.15) is 5.01 Å². The molecule has 1 aliphatic rings. The summed E-state index contributed by atoms with van der Waals surface area (Å²) in [4.78, 5) is 29.4. The third-order valence-corrected chi connectivity index (χ3v) is 3.88. The molecule has 1 aromatic heterocycles. The molecular weight excluding hydrogens is 262 g/mol. The van der Waals surface area contributed by atoms with Crippen LogP contribution in [-0.2, 0) is 21.5 Å². The fourth-order valence-corrected chi connectivity index (χ4v) is 2.83. The van der Waals surface area contributed by atoms with Gasteiger partial charge in [-0.3, -0.25) is 9.59 Å². The van der Waals surface area contributed by atoms with Crippen molar-refractivity contribution in [1.82, 2.24) is 15.2 Å². The molecule has 0 bridgehead atoms. The second-order valence-corrected chi connectivity index (χ2v) is 6.66. The summed E-state index contributed by atoms with van der Waals surface area (Å²) in [5.74, 6) is -0.108. The van der Waals surface area contributed by atoms with E-state index in [0.717, 1.165) is 10.7 Å². The lowest BCUT2D eigenvalue weighted by molar-refractivity contribution is -0.130. The number of thiazole rings is 1. The highest BCUT2D eigenvalue weighted by Gasteiger charge is 2.22. The van der Waals surface area contributed by atoms with Gasteiger partial charge >= 0.3 is 0 Å². The van der Waals surface area contributed by atoms with Crippen molar-refractivity contribution >= 4 is 23.2 Å². The standard InChI is InChI=1S/C13H19N3O2S/c1-13(2,3)9-8-19-11(15-9)7-16-5-4-10(17)14-6-12(16)18/h8H,4-7H2,1-3H3,(H,14,17). The Morgan fingerprint density at radius 2 is 2.16 bits per heavy atom. The third-order valence-electron chi connectivity index (χ3n) is 3.04. The Bertz CT molecular complexity index is 490. The summed E-state index contributed by atoms with van der Waals surface area (Å²) in [6.07, 6.45) is 0.364. The van der Waals surface area contributed by atoms with Crippen LogP contribution in [0.25, 0.3) is 0 Å². The number of aromatic nitrogens is 1. The Morgan fingerprint density at radius 3 is 2.79 bits per heavy atom. The topological polar surface area (TPSA) is 62.3 Å². The van der Waals surface area contributed by atoms with E-state index in [4.69, 9.17) is 0 Å². The largest absolute Gasteiger partial charge is 0.347 e. The van der Waals surface area contributed by atoms with Gasteiger partial charge in [0.25, 0.3) is 0 Å². The Balaban J connectivity index is 2.06. The summed E-state index contributed by atoms with van der Waals surface area (Å²) >= 11 is 1.57. The second kappa shape index (κ2) is 5.28. The van der Waals surface area contributed by atoms with Gasteiger partial charge in [0, 0.05) is 23.8 Å². The number of nitrogens with one attached hydrogen (secondary N) is 1. The highest BCUT2D eigenvalue weighted by Crippen LogP contribution is 2.24. The second-order valence-electron chi connectivity index (χ2n) is 5.72. The summed E-state index contributed by atoms with van der Waals surface area (Å²) in [5, 5.41) is 5.56. The van der Waals surface area contributed by atoms with Crippen LogP contribution in [0.2, 0.25) is 0 Å². The number of hydrogen-bond donors (Lipinski definition) is 1. The number of carbonyl (C=O) groups is 2. The Morgan fingerprint density at radius 1 is 1.42 bits per heavy atom. The van der Waals surface area contributed by atoms with Crippen molar-refractivity contribution in [2.75, 3.05) is 13.1 Å². The minimum Gasteiger partial charge on any atom is -0.347 e. The van der Waals surface area contributed by atoms with E-state index in [9.17, 15) is 9.59 Å². The molecular formula is C13H19N3O2S. The van der Waals surface area contributed by atoms with Crippen molar-refractivity contribution in [3.05, 3.63) is 16.1 Å². The third kappa shape index (κ3) is 3.53. The van der Waals surface area contributed by atoms with Gasteiger partial charge in [-0.15, -0.1) is 11.3 Å². The first-order valence-corrected chi connectivity index (χ1v) is 7.23. The Hall–Kier alpha value is -1.43. The van der Waals surface area contributed by atoms with Crippen molar-refractivity contribution in [1.29, 1.82) is 0 Å². The van der Waals surface area contributed by atoms with Crippen LogP contribution in [0.5, 0.6) is 0 Å². The lowest BCUT2D eigenvalue weighted by atomic mass is 9.93. The lowest BCUT2D eigenvalue weighted by Gasteiger charge is -2.18. The first kappa shape index (κ1) is 14.0. The van der Waals surface area contributed by atoms with Gasteiger partial charge in [0.05, 0.1) is 18.8 Å². The first-order chi connectivity index (χ1) is 8.86. The summed E-state index contributed by atoms with van der Waals surface area (Å²) < 4.78 is 0. The maximum Gasteiger partial charge on any atom is 0.242 e. The van der Waals surface area contributed by atoms with E-state index in [2.05, 4.69) is 31.1 Å². The average Bonchev–Trinajstić information content (AvgIpc) is 2.73. The predicted molar refractivity (Wildman–Crippen MR) is 73.9 cm³/mol. The Labute approximate surface area is 117 Å². The minimum atomic E-state index is -0.0645. The van der Waals surface area contributed by atoms with E-state index >= 15 is 0 Å². The molecule has 2 amide bonds. The molecule has 0 aromatic carbocycles. The number of amides is 2. The van der Waals surface area contributed by atoms with Crippen molar-refractivity contribution < 1.29 is 9.59 Å². The van der Waals surface area contributed by atoms with Crippen molar-refractivity contribution in [2.45, 2.75) is 39.2 Å². The van der Waals surface area contributed by atoms with Crippen LogP contribution in [0, 0.1) is 0 Å². The van der Waals surface area contributed by atoms with Crippen LogP contribution in [0.1, 0.15) is 37.9 Å². The number of rotatable bonds is 2. The molecule has 5 nitrogen and oxygen atoms in total. The highest BCUT2D eigenvalue weighted by molar-refractivity contribution is 7.09. The van der Waals surface area contributed by atoms with Crippen LogP contribution >= 0.6 is 11.3 Å². The molecule has 1 aliphatic heterocycles. The lowest BCUT2D eigenvalue weighted by Crippen LogP contribution is -2.34. The normalized spacial score (nSPS) is 17.3. The van der Waals surface area contributed by atoms with Crippen LogP contribution in [0.4, 0.5) is 0 Å². The van der Waals surface area contributed by atoms with E-state index in [1.807, 2.05) is 5.38 Å². The monoisotopic (exact) mass is 281 g/mol. The molecule has 0 radical (unpaired) electrons. The van der Waals surface area contributed by atoms with Gasteiger partial charge in [-0.25, -0.2) is 4.98 Å². The van der Waals surface area contributed by atoms with Crippen LogP contribution in [0.3, 0.4) is 0 Å². The quantitative estimate of drug-likeness (QED) is 0.888. The molecule has 1 saturated heterocycles. The van der Waals surface area contributed by atoms with E-state index < -0.39 is 0 Å². The molecule has 1 N–H and O–H groups in total. The number of carbonyl (C=O) groups excluding carboxylic acids is 2. The number of hydrogen-bond acceptors (Lipinski definition) is 4. The zero-order chi connectivity index (χ0) is 14.0. The minimum absolute atomic E-state index is 0.0229. The summed E-state index contributed by atoms with van der Waals surface area (Å²) in [6.45, 7) is 7.41. The maximum atomic E-state index is 11.9. The molecule has 0 unspecified atom stereocenters. The van der Waals surface area contributed by atoms with Gasteiger partial charge in [-0.2, -0.15) is 0 Å².